The van der Waals surface area contributed by atoms with Gasteiger partial charge in [-0.05, 0) is 60.7 Å². The van der Waals surface area contributed by atoms with E-state index in [2.05, 4.69) is 13.8 Å². The van der Waals surface area contributed by atoms with E-state index in [9.17, 15) is 5.11 Å². The van der Waals surface area contributed by atoms with Crippen molar-refractivity contribution in [3.8, 4) is 0 Å². The molecule has 116 valence electrons. The monoisotopic (exact) mass is 318 g/mol. The molecule has 5 aliphatic carbocycles. The summed E-state index contributed by atoms with van der Waals surface area (Å²) < 4.78 is 0. The number of hydrogen-bond acceptors (Lipinski definition) is 1. The van der Waals surface area contributed by atoms with Crippen molar-refractivity contribution < 1.29 is 22.2 Å². The number of aliphatic hydroxyl groups is 1. The van der Waals surface area contributed by atoms with E-state index in [0.717, 1.165) is 11.8 Å². The third-order valence-electron chi connectivity index (χ3n) is 6.39. The average Bonchev–Trinajstić information content (AvgIpc) is 3.09. The summed E-state index contributed by atoms with van der Waals surface area (Å²) >= 11 is 0. The Morgan fingerprint density at radius 3 is 2.10 bits per heavy atom. The van der Waals surface area contributed by atoms with Crippen LogP contribution in [0.3, 0.4) is 0 Å². The van der Waals surface area contributed by atoms with Gasteiger partial charge < -0.3 is 5.11 Å². The summed E-state index contributed by atoms with van der Waals surface area (Å²) in [6.45, 7) is 5.26. The van der Waals surface area contributed by atoms with Crippen LogP contribution in [0.4, 0.5) is 0 Å². The molecule has 1 N–H and O–H groups in total. The summed E-state index contributed by atoms with van der Waals surface area (Å²) in [6, 6.07) is 0. The molecule has 0 saturated heterocycles. The molecule has 3 atom stereocenters. The average molecular weight is 318 g/mol. The summed E-state index contributed by atoms with van der Waals surface area (Å²) in [4.78, 5) is 0. The van der Waals surface area contributed by atoms with Crippen molar-refractivity contribution in [1.82, 2.24) is 0 Å². The maximum absolute atomic E-state index is 9.22. The van der Waals surface area contributed by atoms with E-state index in [1.807, 2.05) is 0 Å². The van der Waals surface area contributed by atoms with E-state index in [-0.39, 0.29) is 17.1 Å². The van der Waals surface area contributed by atoms with Crippen LogP contribution >= 0.6 is 0 Å². The summed E-state index contributed by atoms with van der Waals surface area (Å²) in [5.41, 5.74) is 0.573. The van der Waals surface area contributed by atoms with Crippen LogP contribution in [-0.2, 0) is 17.1 Å². The molecule has 0 spiro atoms. The van der Waals surface area contributed by atoms with Gasteiger partial charge in [0, 0.05) is 23.7 Å². The van der Waals surface area contributed by atoms with Crippen LogP contribution < -0.4 is 0 Å². The van der Waals surface area contributed by atoms with Gasteiger partial charge in [-0.15, -0.1) is 0 Å². The van der Waals surface area contributed by atoms with Crippen molar-refractivity contribution in [2.45, 2.75) is 71.6 Å². The fourth-order valence-corrected chi connectivity index (χ4v) is 4.87. The second-order valence-electron chi connectivity index (χ2n) is 7.86. The predicted molar refractivity (Wildman–Crippen MR) is 79.4 cm³/mol. The Morgan fingerprint density at radius 1 is 1.00 bits per heavy atom. The quantitative estimate of drug-likeness (QED) is 0.703. The maximum Gasteiger partial charge on any atom is 0.0459 e. The molecular weight excluding hydrogens is 288 g/mol. The largest absolute Gasteiger partial charge is 0.396 e. The van der Waals surface area contributed by atoms with Crippen molar-refractivity contribution >= 4 is 0 Å². The molecule has 0 amide bonds. The molecule has 1 nitrogen and oxygen atoms in total. The van der Waals surface area contributed by atoms with Crippen LogP contribution in [0.5, 0.6) is 0 Å². The Labute approximate surface area is 135 Å². The first kappa shape index (κ1) is 16.8. The van der Waals surface area contributed by atoms with Crippen molar-refractivity contribution in [2.24, 2.45) is 23.2 Å². The van der Waals surface area contributed by atoms with Gasteiger partial charge in [-0.1, -0.05) is 46.0 Å². The Bertz CT molecular complexity index is 303. The van der Waals surface area contributed by atoms with Gasteiger partial charge in [0.25, 0.3) is 0 Å². The first-order valence-corrected chi connectivity index (χ1v) is 8.44. The zero-order chi connectivity index (χ0) is 13.5. The van der Waals surface area contributed by atoms with Crippen molar-refractivity contribution in [3.05, 3.63) is 11.8 Å². The van der Waals surface area contributed by atoms with E-state index < -0.39 is 0 Å². The molecule has 0 aromatic rings. The Kier molecular flexibility index (Phi) is 5.65. The minimum Gasteiger partial charge on any atom is -0.396 e. The van der Waals surface area contributed by atoms with E-state index >= 15 is 0 Å². The van der Waals surface area contributed by atoms with Gasteiger partial charge in [-0.3, -0.25) is 0 Å². The maximum atomic E-state index is 9.22. The van der Waals surface area contributed by atoms with Gasteiger partial charge in [0.15, 0.2) is 0 Å². The van der Waals surface area contributed by atoms with E-state index in [0.29, 0.717) is 17.9 Å². The summed E-state index contributed by atoms with van der Waals surface area (Å²) in [7, 11) is 0. The number of rotatable bonds is 1. The second-order valence-corrected chi connectivity index (χ2v) is 7.86. The smallest absolute Gasteiger partial charge is 0.0459 e. The minimum absolute atomic E-state index is 0. The van der Waals surface area contributed by atoms with Gasteiger partial charge in [0.05, 0.1) is 0 Å². The second kappa shape index (κ2) is 6.71. The third-order valence-corrected chi connectivity index (χ3v) is 6.39. The molecule has 0 aliphatic heterocycles. The molecule has 0 aromatic carbocycles. The fourth-order valence-electron chi connectivity index (χ4n) is 4.87. The molecule has 0 heterocycles. The molecule has 5 aliphatic rings. The molecule has 2 bridgehead atoms. The third kappa shape index (κ3) is 2.99. The van der Waals surface area contributed by atoms with Crippen molar-refractivity contribution in [2.75, 3.05) is 6.61 Å². The zero-order valence-corrected chi connectivity index (χ0v) is 14.2. The Hall–Kier alpha value is 0.479. The molecule has 5 fully saturated rings. The van der Waals surface area contributed by atoms with Gasteiger partial charge >= 0.3 is 0 Å². The molecule has 5 saturated carbocycles. The van der Waals surface area contributed by atoms with E-state index in [4.69, 9.17) is 0 Å². The van der Waals surface area contributed by atoms with Crippen LogP contribution in [0.25, 0.3) is 0 Å². The van der Waals surface area contributed by atoms with Gasteiger partial charge in [0.2, 0.25) is 0 Å². The standard InChI is InChI=1S/C13H20O.C5H10.Fe/c1-13(2)10-5-9-3-8(7-14)4-11(9)12(13)6-10;1-2-4-5-3-1;/h8,10,12,14H,3-7H2,1-2H3;1-5H2;. The molecule has 0 aromatic heterocycles. The minimum atomic E-state index is 0. The topological polar surface area (TPSA) is 20.2 Å². The van der Waals surface area contributed by atoms with Gasteiger partial charge in [0.1, 0.15) is 0 Å². The molecular formula is C18H30FeO. The van der Waals surface area contributed by atoms with Crippen LogP contribution in [0.2, 0.25) is 0 Å². The van der Waals surface area contributed by atoms with Crippen molar-refractivity contribution in [1.29, 1.82) is 0 Å². The van der Waals surface area contributed by atoms with Crippen LogP contribution in [0.1, 0.15) is 71.6 Å². The zero-order valence-electron chi connectivity index (χ0n) is 13.1. The predicted octanol–water partition coefficient (Wildman–Crippen LogP) is 4.55. The molecule has 5 rings (SSSR count). The first-order chi connectivity index (χ1) is 9.13. The van der Waals surface area contributed by atoms with Crippen LogP contribution in [0, 0.1) is 35.0 Å². The van der Waals surface area contributed by atoms with Gasteiger partial charge in [-0.2, -0.15) is 0 Å². The van der Waals surface area contributed by atoms with Crippen LogP contribution in [-0.4, -0.2) is 11.7 Å². The van der Waals surface area contributed by atoms with Crippen LogP contribution in [0.15, 0.2) is 0 Å². The molecule has 2 radical (unpaired) electrons. The van der Waals surface area contributed by atoms with E-state index in [1.54, 1.807) is 11.8 Å². The normalized spacial score (nSPS) is 38.2. The summed E-state index contributed by atoms with van der Waals surface area (Å²) in [5, 5.41) is 9.22. The Morgan fingerprint density at radius 2 is 1.60 bits per heavy atom. The van der Waals surface area contributed by atoms with Crippen molar-refractivity contribution in [3.63, 3.8) is 0 Å². The molecule has 2 heteroatoms. The molecule has 3 unspecified atom stereocenters. The SMILES string of the molecule is C1CCCC1.CC1(C)C2C[C]3CC(CO)C[C]3C1C2.[Fe]. The first-order valence-electron chi connectivity index (χ1n) is 8.44. The number of hydrogen-bond donors (Lipinski definition) is 1. The Balaban J connectivity index is 0.000000210. The number of aliphatic hydroxyl groups excluding tert-OH is 1. The van der Waals surface area contributed by atoms with Gasteiger partial charge in [-0.25, -0.2) is 0 Å². The molecule has 20 heavy (non-hydrogen) atoms. The summed E-state index contributed by atoms with van der Waals surface area (Å²) in [6.07, 6.45) is 12.7. The summed E-state index contributed by atoms with van der Waals surface area (Å²) in [5.74, 6) is 5.85. The fraction of sp³-hybridized carbons (Fsp3) is 0.889. The van der Waals surface area contributed by atoms with E-state index in [1.165, 1.54) is 57.8 Å².